The SMILES string of the molecule is O=[N+]([O-])c1ccc(Cl)c(OCC2Cc3ccccc3O2)c1. The van der Waals surface area contributed by atoms with Crippen molar-refractivity contribution >= 4 is 17.3 Å². The first-order valence-electron chi connectivity index (χ1n) is 6.45. The molecule has 0 N–H and O–H groups in total. The van der Waals surface area contributed by atoms with Gasteiger partial charge in [0.1, 0.15) is 24.2 Å². The van der Waals surface area contributed by atoms with Gasteiger partial charge in [-0.1, -0.05) is 29.8 Å². The molecule has 1 unspecified atom stereocenters. The lowest BCUT2D eigenvalue weighted by Crippen LogP contribution is -2.22. The van der Waals surface area contributed by atoms with Gasteiger partial charge in [0.25, 0.3) is 5.69 Å². The topological polar surface area (TPSA) is 61.6 Å². The van der Waals surface area contributed by atoms with Crippen LogP contribution >= 0.6 is 11.6 Å². The highest BCUT2D eigenvalue weighted by atomic mass is 35.5. The number of hydrogen-bond acceptors (Lipinski definition) is 4. The number of ether oxygens (including phenoxy) is 2. The van der Waals surface area contributed by atoms with E-state index >= 15 is 0 Å². The van der Waals surface area contributed by atoms with Crippen molar-refractivity contribution in [3.63, 3.8) is 0 Å². The Kier molecular flexibility index (Phi) is 3.66. The number of para-hydroxylation sites is 1. The number of halogens is 1. The summed E-state index contributed by atoms with van der Waals surface area (Å²) in [4.78, 5) is 10.3. The number of nitro benzene ring substituents is 1. The Hall–Kier alpha value is -2.27. The number of rotatable bonds is 4. The van der Waals surface area contributed by atoms with Gasteiger partial charge in [0.15, 0.2) is 0 Å². The number of nitrogens with zero attached hydrogens (tertiary/aromatic N) is 1. The number of fused-ring (bicyclic) bond motifs is 1. The molecule has 0 bridgehead atoms. The van der Waals surface area contributed by atoms with Gasteiger partial charge in [0.05, 0.1) is 16.0 Å². The van der Waals surface area contributed by atoms with E-state index < -0.39 is 4.92 Å². The van der Waals surface area contributed by atoms with E-state index in [4.69, 9.17) is 21.1 Å². The van der Waals surface area contributed by atoms with E-state index in [0.717, 1.165) is 17.7 Å². The van der Waals surface area contributed by atoms with Crippen LogP contribution in [0.4, 0.5) is 5.69 Å². The van der Waals surface area contributed by atoms with Crippen LogP contribution < -0.4 is 9.47 Å². The van der Waals surface area contributed by atoms with E-state index in [2.05, 4.69) is 0 Å². The Morgan fingerprint density at radius 3 is 2.90 bits per heavy atom. The summed E-state index contributed by atoms with van der Waals surface area (Å²) in [6.07, 6.45) is 0.639. The average Bonchev–Trinajstić information content (AvgIpc) is 2.89. The second-order valence-electron chi connectivity index (χ2n) is 4.73. The van der Waals surface area contributed by atoms with Gasteiger partial charge in [0, 0.05) is 12.5 Å². The maximum atomic E-state index is 10.8. The summed E-state index contributed by atoms with van der Waals surface area (Å²) in [7, 11) is 0. The fourth-order valence-electron chi connectivity index (χ4n) is 2.25. The molecular formula is C15H12ClNO4. The highest BCUT2D eigenvalue weighted by Crippen LogP contribution is 2.31. The third-order valence-corrected chi connectivity index (χ3v) is 3.58. The first-order valence-corrected chi connectivity index (χ1v) is 6.82. The second kappa shape index (κ2) is 5.61. The maximum absolute atomic E-state index is 10.8. The number of benzene rings is 2. The predicted molar refractivity (Wildman–Crippen MR) is 78.2 cm³/mol. The van der Waals surface area contributed by atoms with Crippen molar-refractivity contribution in [1.29, 1.82) is 0 Å². The number of nitro groups is 1. The molecule has 0 radical (unpaired) electrons. The lowest BCUT2D eigenvalue weighted by atomic mass is 10.1. The predicted octanol–water partition coefficient (Wildman–Crippen LogP) is 3.63. The third kappa shape index (κ3) is 2.92. The van der Waals surface area contributed by atoms with Crippen molar-refractivity contribution in [2.45, 2.75) is 12.5 Å². The summed E-state index contributed by atoms with van der Waals surface area (Å²) >= 11 is 5.99. The summed E-state index contributed by atoms with van der Waals surface area (Å²) in [5.41, 5.74) is 1.08. The van der Waals surface area contributed by atoms with Crippen molar-refractivity contribution in [1.82, 2.24) is 0 Å². The average molecular weight is 306 g/mol. The number of hydrogen-bond donors (Lipinski definition) is 0. The zero-order chi connectivity index (χ0) is 14.8. The van der Waals surface area contributed by atoms with Gasteiger partial charge in [0.2, 0.25) is 0 Å². The molecule has 0 aromatic heterocycles. The molecule has 0 saturated heterocycles. The van der Waals surface area contributed by atoms with E-state index in [0.29, 0.717) is 10.8 Å². The van der Waals surface area contributed by atoms with Gasteiger partial charge in [-0.05, 0) is 17.7 Å². The molecule has 1 heterocycles. The van der Waals surface area contributed by atoms with E-state index in [1.807, 2.05) is 24.3 Å². The minimum atomic E-state index is -0.481. The molecule has 108 valence electrons. The smallest absolute Gasteiger partial charge is 0.273 e. The second-order valence-corrected chi connectivity index (χ2v) is 5.14. The van der Waals surface area contributed by atoms with Crippen LogP contribution in [-0.2, 0) is 6.42 Å². The molecule has 2 aromatic rings. The van der Waals surface area contributed by atoms with Gasteiger partial charge >= 0.3 is 0 Å². The molecular weight excluding hydrogens is 294 g/mol. The van der Waals surface area contributed by atoms with Crippen molar-refractivity contribution in [2.24, 2.45) is 0 Å². The molecule has 1 aliphatic rings. The van der Waals surface area contributed by atoms with Crippen LogP contribution in [0.5, 0.6) is 11.5 Å². The highest BCUT2D eigenvalue weighted by Gasteiger charge is 2.23. The Morgan fingerprint density at radius 1 is 1.33 bits per heavy atom. The van der Waals surface area contributed by atoms with Gasteiger partial charge in [-0.15, -0.1) is 0 Å². The lowest BCUT2D eigenvalue weighted by molar-refractivity contribution is -0.384. The van der Waals surface area contributed by atoms with Gasteiger partial charge in [-0.2, -0.15) is 0 Å². The van der Waals surface area contributed by atoms with Gasteiger partial charge in [-0.3, -0.25) is 10.1 Å². The molecule has 2 aromatic carbocycles. The fraction of sp³-hybridized carbons (Fsp3) is 0.200. The van der Waals surface area contributed by atoms with E-state index in [9.17, 15) is 10.1 Å². The van der Waals surface area contributed by atoms with Crippen LogP contribution in [0.2, 0.25) is 5.02 Å². The van der Waals surface area contributed by atoms with Crippen LogP contribution in [0.3, 0.4) is 0 Å². The Balaban J connectivity index is 1.67. The molecule has 0 aliphatic carbocycles. The van der Waals surface area contributed by atoms with Crippen molar-refractivity contribution < 1.29 is 14.4 Å². The molecule has 1 atom stereocenters. The minimum absolute atomic E-state index is 0.0509. The molecule has 0 saturated carbocycles. The van der Waals surface area contributed by atoms with E-state index in [1.54, 1.807) is 0 Å². The molecule has 1 aliphatic heterocycles. The normalized spacial score (nSPS) is 16.1. The Morgan fingerprint density at radius 2 is 2.14 bits per heavy atom. The minimum Gasteiger partial charge on any atom is -0.488 e. The van der Waals surface area contributed by atoms with Crippen molar-refractivity contribution in [3.8, 4) is 11.5 Å². The summed E-state index contributed by atoms with van der Waals surface area (Å²) in [6.45, 7) is 0.287. The van der Waals surface area contributed by atoms with E-state index in [1.165, 1.54) is 18.2 Å². The van der Waals surface area contributed by atoms with Crippen LogP contribution in [0, 0.1) is 10.1 Å². The lowest BCUT2D eigenvalue weighted by Gasteiger charge is -2.13. The van der Waals surface area contributed by atoms with Crippen molar-refractivity contribution in [3.05, 3.63) is 63.2 Å². The van der Waals surface area contributed by atoms with Crippen molar-refractivity contribution in [2.75, 3.05) is 6.61 Å². The first kappa shape index (κ1) is 13.7. The monoisotopic (exact) mass is 305 g/mol. The van der Waals surface area contributed by atoms with Crippen LogP contribution in [0.25, 0.3) is 0 Å². The molecule has 6 heteroatoms. The summed E-state index contributed by atoms with van der Waals surface area (Å²) < 4.78 is 11.3. The largest absolute Gasteiger partial charge is 0.488 e. The fourth-order valence-corrected chi connectivity index (χ4v) is 2.42. The molecule has 0 fully saturated rings. The van der Waals surface area contributed by atoms with E-state index in [-0.39, 0.29) is 18.4 Å². The van der Waals surface area contributed by atoms with Gasteiger partial charge in [-0.25, -0.2) is 0 Å². The zero-order valence-corrected chi connectivity index (χ0v) is 11.7. The van der Waals surface area contributed by atoms with Crippen LogP contribution in [-0.4, -0.2) is 17.6 Å². The van der Waals surface area contributed by atoms with Crippen LogP contribution in [0.1, 0.15) is 5.56 Å². The zero-order valence-electron chi connectivity index (χ0n) is 11.0. The quantitative estimate of drug-likeness (QED) is 0.639. The molecule has 0 amide bonds. The molecule has 0 spiro atoms. The third-order valence-electron chi connectivity index (χ3n) is 3.26. The highest BCUT2D eigenvalue weighted by molar-refractivity contribution is 6.32. The molecule has 3 rings (SSSR count). The summed E-state index contributed by atoms with van der Waals surface area (Å²) in [5.74, 6) is 1.15. The van der Waals surface area contributed by atoms with Gasteiger partial charge < -0.3 is 9.47 Å². The molecule has 21 heavy (non-hydrogen) atoms. The Labute approximate surface area is 126 Å². The maximum Gasteiger partial charge on any atom is 0.273 e. The Bertz CT molecular complexity index is 664. The van der Waals surface area contributed by atoms with Crippen LogP contribution in [0.15, 0.2) is 42.5 Å². The molecule has 5 nitrogen and oxygen atoms in total. The standard InChI is InChI=1S/C15H12ClNO4/c16-13-6-5-11(17(18)19)8-15(13)20-9-12-7-10-3-1-2-4-14(10)21-12/h1-6,8,12H,7,9H2. The summed E-state index contributed by atoms with van der Waals surface area (Å²) in [5, 5.41) is 11.1. The summed E-state index contributed by atoms with van der Waals surface area (Å²) in [6, 6.07) is 11.9. The first-order chi connectivity index (χ1) is 10.1. The number of non-ortho nitro benzene ring substituents is 1.